The van der Waals surface area contributed by atoms with Crippen molar-refractivity contribution >= 4 is 22.5 Å². The van der Waals surface area contributed by atoms with Crippen molar-refractivity contribution in [3.63, 3.8) is 0 Å². The Balaban J connectivity index is 1.46. The molecule has 0 aliphatic heterocycles. The lowest BCUT2D eigenvalue weighted by molar-refractivity contribution is -0.137. The van der Waals surface area contributed by atoms with Gasteiger partial charge in [-0.05, 0) is 66.6 Å². The summed E-state index contributed by atoms with van der Waals surface area (Å²) in [5, 5.41) is 3.13. The first-order valence-corrected chi connectivity index (χ1v) is 11.4. The summed E-state index contributed by atoms with van der Waals surface area (Å²) in [4.78, 5) is 33.8. The summed E-state index contributed by atoms with van der Waals surface area (Å²) in [5.41, 5.74) is 1.96. The smallest absolute Gasteiger partial charge is 0.356 e. The highest BCUT2D eigenvalue weighted by Gasteiger charge is 2.30. The normalized spacial score (nSPS) is 11.2. The molecule has 2 N–H and O–H groups in total. The van der Waals surface area contributed by atoms with Crippen molar-refractivity contribution in [1.29, 1.82) is 0 Å². The molecule has 0 aliphatic rings. The van der Waals surface area contributed by atoms with Crippen LogP contribution in [0.3, 0.4) is 0 Å². The molecule has 0 fully saturated rings. The number of halogens is 3. The van der Waals surface area contributed by atoms with Crippen molar-refractivity contribution in [2.24, 2.45) is 0 Å². The van der Waals surface area contributed by atoms with Gasteiger partial charge in [0.05, 0.1) is 23.0 Å². The minimum atomic E-state index is -4.45. The number of aromatic amines is 1. The number of benzene rings is 3. The Morgan fingerprint density at radius 3 is 2.54 bits per heavy atom. The molecule has 9 heteroatoms. The van der Waals surface area contributed by atoms with Crippen molar-refractivity contribution in [3.05, 3.63) is 105 Å². The zero-order valence-electron chi connectivity index (χ0n) is 19.9. The quantitative estimate of drug-likeness (QED) is 0.354. The molecular formula is C28H23F3N4O2. The number of nitrogens with zero attached hydrogens (tertiary/aromatic N) is 2. The third-order valence-electron chi connectivity index (χ3n) is 5.75. The maximum Gasteiger partial charge on any atom is 0.416 e. The number of alkyl halides is 3. The Hall–Kier alpha value is -4.58. The van der Waals surface area contributed by atoms with Crippen LogP contribution in [-0.4, -0.2) is 22.4 Å². The number of anilines is 1. The lowest BCUT2D eigenvalue weighted by Crippen LogP contribution is -2.24. The molecule has 37 heavy (non-hydrogen) atoms. The van der Waals surface area contributed by atoms with Crippen molar-refractivity contribution in [2.45, 2.75) is 26.2 Å². The second kappa shape index (κ2) is 10.6. The predicted molar refractivity (Wildman–Crippen MR) is 136 cm³/mol. The Kier molecular flexibility index (Phi) is 7.30. The van der Waals surface area contributed by atoms with E-state index in [1.165, 1.54) is 12.1 Å². The number of terminal acetylenes is 1. The number of nitrogens with one attached hydrogen (secondary N) is 2. The van der Waals surface area contributed by atoms with Crippen LogP contribution in [0.1, 0.15) is 32.9 Å². The molecular weight excluding hydrogens is 481 g/mol. The lowest BCUT2D eigenvalue weighted by atomic mass is 10.1. The summed E-state index contributed by atoms with van der Waals surface area (Å²) in [7, 11) is 0. The van der Waals surface area contributed by atoms with Crippen LogP contribution in [0.4, 0.5) is 18.9 Å². The molecule has 4 rings (SSSR count). The monoisotopic (exact) mass is 504 g/mol. The summed E-state index contributed by atoms with van der Waals surface area (Å²) >= 11 is 0. The second-order valence-corrected chi connectivity index (χ2v) is 8.49. The van der Waals surface area contributed by atoms with E-state index in [2.05, 4.69) is 21.2 Å². The Morgan fingerprint density at radius 1 is 1.08 bits per heavy atom. The van der Waals surface area contributed by atoms with Crippen molar-refractivity contribution in [3.8, 4) is 12.3 Å². The van der Waals surface area contributed by atoms with Gasteiger partial charge in [-0.2, -0.15) is 13.2 Å². The average molecular weight is 505 g/mol. The van der Waals surface area contributed by atoms with Crippen LogP contribution in [0.2, 0.25) is 0 Å². The van der Waals surface area contributed by atoms with E-state index in [0.29, 0.717) is 40.9 Å². The van der Waals surface area contributed by atoms with Crippen molar-refractivity contribution < 1.29 is 18.0 Å². The first-order chi connectivity index (χ1) is 17.6. The molecule has 0 bridgehead atoms. The zero-order chi connectivity index (χ0) is 26.6. The van der Waals surface area contributed by atoms with Crippen LogP contribution < -0.4 is 15.8 Å². The second-order valence-electron chi connectivity index (χ2n) is 8.49. The van der Waals surface area contributed by atoms with Gasteiger partial charge in [-0.3, -0.25) is 9.59 Å². The minimum absolute atomic E-state index is 0.0385. The van der Waals surface area contributed by atoms with Gasteiger partial charge >= 0.3 is 6.18 Å². The average Bonchev–Trinajstić information content (AvgIpc) is 2.87. The molecule has 0 aliphatic carbocycles. The number of H-pyrrole nitrogens is 1. The van der Waals surface area contributed by atoms with Crippen LogP contribution in [0, 0.1) is 19.3 Å². The summed E-state index contributed by atoms with van der Waals surface area (Å²) in [6.45, 7) is 2.40. The van der Waals surface area contributed by atoms with Crippen molar-refractivity contribution in [1.82, 2.24) is 15.3 Å². The van der Waals surface area contributed by atoms with E-state index in [-0.39, 0.29) is 12.1 Å². The van der Waals surface area contributed by atoms with E-state index in [9.17, 15) is 22.8 Å². The summed E-state index contributed by atoms with van der Waals surface area (Å²) < 4.78 is 38.7. The van der Waals surface area contributed by atoms with Gasteiger partial charge in [-0.15, -0.1) is 6.42 Å². The number of hydrogen-bond acceptors (Lipinski definition) is 4. The highest BCUT2D eigenvalue weighted by Crippen LogP contribution is 2.29. The van der Waals surface area contributed by atoms with E-state index in [0.717, 1.165) is 23.4 Å². The van der Waals surface area contributed by atoms with Gasteiger partial charge < -0.3 is 15.2 Å². The molecule has 0 unspecified atom stereocenters. The van der Waals surface area contributed by atoms with E-state index < -0.39 is 17.6 Å². The Labute approximate surface area is 211 Å². The molecule has 0 spiro atoms. The third-order valence-corrected chi connectivity index (χ3v) is 5.75. The van der Waals surface area contributed by atoms with Crippen LogP contribution in [0.5, 0.6) is 0 Å². The number of hydrogen-bond donors (Lipinski definition) is 2. The zero-order valence-corrected chi connectivity index (χ0v) is 19.9. The fourth-order valence-corrected chi connectivity index (χ4v) is 3.94. The fourth-order valence-electron chi connectivity index (χ4n) is 3.94. The standard InChI is InChI=1S/C28H23F3N4O2/c1-3-13-35(17-20-7-12-25-24(15-20)27(37)34-18(2)33-25)23-10-8-21(9-11-23)26(36)32-16-19-5-4-6-22(14-19)28(29,30)31/h1,4-12,14-15H,13,16-17H2,2H3,(H,32,36)(H,33,34,37). The molecule has 0 atom stereocenters. The molecule has 1 amide bonds. The molecule has 0 saturated heterocycles. The minimum Gasteiger partial charge on any atom is -0.356 e. The van der Waals surface area contributed by atoms with Crippen LogP contribution in [0.15, 0.2) is 71.5 Å². The van der Waals surface area contributed by atoms with Crippen LogP contribution >= 0.6 is 0 Å². The predicted octanol–water partition coefficient (Wildman–Crippen LogP) is 4.82. The molecule has 1 heterocycles. The Bertz CT molecular complexity index is 1540. The van der Waals surface area contributed by atoms with Gasteiger partial charge in [0, 0.05) is 24.3 Å². The molecule has 3 aromatic carbocycles. The largest absolute Gasteiger partial charge is 0.416 e. The first kappa shape index (κ1) is 25.5. The first-order valence-electron chi connectivity index (χ1n) is 11.4. The summed E-state index contributed by atoms with van der Waals surface area (Å²) in [6.07, 6.45) is 1.13. The SMILES string of the molecule is C#CCN(Cc1ccc2nc(C)[nH]c(=O)c2c1)c1ccc(C(=O)NCc2cccc(C(F)(F)F)c2)cc1. The van der Waals surface area contributed by atoms with Gasteiger partial charge in [0.1, 0.15) is 5.82 Å². The number of amides is 1. The molecule has 6 nitrogen and oxygen atoms in total. The summed E-state index contributed by atoms with van der Waals surface area (Å²) in [6, 6.07) is 17.0. The van der Waals surface area contributed by atoms with E-state index in [1.807, 2.05) is 11.0 Å². The van der Waals surface area contributed by atoms with E-state index in [4.69, 9.17) is 6.42 Å². The van der Waals surface area contributed by atoms with Gasteiger partial charge in [0.25, 0.3) is 11.5 Å². The van der Waals surface area contributed by atoms with Gasteiger partial charge in [-0.25, -0.2) is 4.98 Å². The lowest BCUT2D eigenvalue weighted by Gasteiger charge is -2.23. The molecule has 0 radical (unpaired) electrons. The molecule has 1 aromatic heterocycles. The van der Waals surface area contributed by atoms with Gasteiger partial charge in [0.2, 0.25) is 0 Å². The number of rotatable bonds is 7. The number of aryl methyl sites for hydroxylation is 1. The van der Waals surface area contributed by atoms with Gasteiger partial charge in [-0.1, -0.05) is 24.1 Å². The third kappa shape index (κ3) is 6.16. The fraction of sp³-hybridized carbons (Fsp3) is 0.179. The maximum absolute atomic E-state index is 12.9. The number of carbonyl (C=O) groups excluding carboxylic acids is 1. The number of aromatic nitrogens is 2. The molecule has 188 valence electrons. The van der Waals surface area contributed by atoms with Gasteiger partial charge in [0.15, 0.2) is 0 Å². The maximum atomic E-state index is 12.9. The van der Waals surface area contributed by atoms with E-state index >= 15 is 0 Å². The molecule has 0 saturated carbocycles. The van der Waals surface area contributed by atoms with Crippen LogP contribution in [0.25, 0.3) is 10.9 Å². The van der Waals surface area contributed by atoms with E-state index in [1.54, 1.807) is 43.3 Å². The number of carbonyl (C=O) groups is 1. The highest BCUT2D eigenvalue weighted by molar-refractivity contribution is 5.94. The number of fused-ring (bicyclic) bond motifs is 1. The van der Waals surface area contributed by atoms with Crippen LogP contribution in [-0.2, 0) is 19.3 Å². The highest BCUT2D eigenvalue weighted by atomic mass is 19.4. The topological polar surface area (TPSA) is 78.1 Å². The summed E-state index contributed by atoms with van der Waals surface area (Å²) in [5.74, 6) is 2.75. The molecule has 4 aromatic rings. The van der Waals surface area contributed by atoms with Crippen molar-refractivity contribution in [2.75, 3.05) is 11.4 Å². The Morgan fingerprint density at radius 2 is 1.84 bits per heavy atom.